The summed E-state index contributed by atoms with van der Waals surface area (Å²) in [4.78, 5) is 31.7. The second kappa shape index (κ2) is 7.50. The van der Waals surface area contributed by atoms with Crippen LogP contribution >= 0.6 is 29.4 Å². The van der Waals surface area contributed by atoms with Crippen LogP contribution in [0.1, 0.15) is 18.3 Å². The summed E-state index contributed by atoms with van der Waals surface area (Å²) in [6.07, 6.45) is 5.77. The summed E-state index contributed by atoms with van der Waals surface area (Å²) in [6, 6.07) is 11.3. The first-order valence-electron chi connectivity index (χ1n) is 9.48. The van der Waals surface area contributed by atoms with Gasteiger partial charge < -0.3 is 9.88 Å². The Labute approximate surface area is 191 Å². The van der Waals surface area contributed by atoms with E-state index in [-0.39, 0.29) is 25.1 Å². The first-order valence-corrected chi connectivity index (χ1v) is 10.3. The molecule has 0 amide bonds. The first-order chi connectivity index (χ1) is 14.7. The lowest BCUT2D eigenvalue weighted by atomic mass is 10.0. The van der Waals surface area contributed by atoms with Crippen LogP contribution < -0.4 is 10.5 Å². The molecule has 0 unspecified atom stereocenters. The molecule has 4 aromatic heterocycles. The van der Waals surface area contributed by atoms with Crippen molar-refractivity contribution in [1.29, 1.82) is 0 Å². The summed E-state index contributed by atoms with van der Waals surface area (Å²) in [5.41, 5.74) is 2.56. The van der Waals surface area contributed by atoms with E-state index in [1.165, 1.54) is 6.33 Å². The number of nitrogens with zero attached hydrogens (tertiary/aromatic N) is 7. The number of benzene rings is 1. The molecule has 1 aromatic carbocycles. The number of anilines is 1. The van der Waals surface area contributed by atoms with Crippen LogP contribution in [0.25, 0.3) is 22.4 Å². The van der Waals surface area contributed by atoms with Crippen molar-refractivity contribution in [2.75, 3.05) is 11.4 Å². The molecule has 6 rings (SSSR count). The van der Waals surface area contributed by atoms with Crippen LogP contribution in [0.4, 0.5) is 5.82 Å². The Morgan fingerprint density at radius 2 is 1.94 bits per heavy atom. The lowest BCUT2D eigenvalue weighted by Gasteiger charge is -2.41. The van der Waals surface area contributed by atoms with Crippen molar-refractivity contribution in [3.8, 4) is 5.69 Å². The van der Waals surface area contributed by atoms with Crippen molar-refractivity contribution in [2.45, 2.75) is 12.5 Å². The van der Waals surface area contributed by atoms with E-state index in [9.17, 15) is 4.79 Å². The highest BCUT2D eigenvalue weighted by molar-refractivity contribution is 9.10. The molecule has 5 heterocycles. The van der Waals surface area contributed by atoms with E-state index in [2.05, 4.69) is 40.8 Å². The van der Waals surface area contributed by atoms with Crippen molar-refractivity contribution in [2.24, 2.45) is 0 Å². The minimum atomic E-state index is -0.121. The Morgan fingerprint density at radius 3 is 2.71 bits per heavy atom. The first kappa shape index (κ1) is 19.8. The minimum absolute atomic E-state index is 0. The fraction of sp³-hybridized carbons (Fsp3) is 0.150. The molecule has 1 aliphatic heterocycles. The molecule has 9 nitrogen and oxygen atoms in total. The molecule has 31 heavy (non-hydrogen) atoms. The lowest BCUT2D eigenvalue weighted by Crippen LogP contribution is -2.45. The summed E-state index contributed by atoms with van der Waals surface area (Å²) in [7, 11) is 0. The SMILES string of the molecule is O=c1c2c(Br)ccn2nc([C@@H]2CCN2c2ncnc3nc[nH]c23)n1-c1ccccc1.S. The van der Waals surface area contributed by atoms with Gasteiger partial charge in [0, 0.05) is 12.7 Å². The van der Waals surface area contributed by atoms with Crippen molar-refractivity contribution >= 4 is 51.9 Å². The zero-order valence-electron chi connectivity index (χ0n) is 16.1. The van der Waals surface area contributed by atoms with Gasteiger partial charge in [-0.25, -0.2) is 19.5 Å². The molecule has 5 aromatic rings. The standard InChI is InChI=1S/C20H15BrN8O.H2S/c21-13-6-9-28-16(13)20(30)29(12-4-2-1-3-5-12)18(26-28)14-7-8-27(14)19-15-17(23-10-22-15)24-11-25-19;/h1-6,9-11,14H,7-8H2,(H,22,23,24,25);1H2/t14-;/m0./s1. The van der Waals surface area contributed by atoms with E-state index in [1.54, 1.807) is 21.6 Å². The third-order valence-electron chi connectivity index (χ3n) is 5.47. The second-order valence-electron chi connectivity index (χ2n) is 7.09. The number of H-pyrrole nitrogens is 1. The quantitative estimate of drug-likeness (QED) is 0.412. The molecule has 0 radical (unpaired) electrons. The molecule has 1 saturated heterocycles. The number of aromatic nitrogens is 7. The Hall–Kier alpha value is -3.18. The zero-order chi connectivity index (χ0) is 20.2. The maximum Gasteiger partial charge on any atom is 0.283 e. The van der Waals surface area contributed by atoms with Crippen LogP contribution in [-0.2, 0) is 0 Å². The van der Waals surface area contributed by atoms with Gasteiger partial charge in [0.2, 0.25) is 0 Å². The highest BCUT2D eigenvalue weighted by Crippen LogP contribution is 2.38. The lowest BCUT2D eigenvalue weighted by molar-refractivity contribution is 0.424. The van der Waals surface area contributed by atoms with Crippen LogP contribution in [0.3, 0.4) is 0 Å². The number of imidazole rings is 1. The van der Waals surface area contributed by atoms with Gasteiger partial charge in [0.05, 0.1) is 22.5 Å². The number of para-hydroxylation sites is 1. The number of rotatable bonds is 3. The van der Waals surface area contributed by atoms with Gasteiger partial charge in [-0.3, -0.25) is 9.36 Å². The Morgan fingerprint density at radius 1 is 1.10 bits per heavy atom. The molecule has 1 N–H and O–H groups in total. The van der Waals surface area contributed by atoms with Crippen molar-refractivity contribution in [3.05, 3.63) is 75.9 Å². The molecule has 0 saturated carbocycles. The molecule has 11 heteroatoms. The van der Waals surface area contributed by atoms with Gasteiger partial charge in [-0.2, -0.15) is 18.6 Å². The second-order valence-corrected chi connectivity index (χ2v) is 7.94. The Balaban J connectivity index is 0.00000204. The van der Waals surface area contributed by atoms with E-state index < -0.39 is 0 Å². The van der Waals surface area contributed by atoms with Crippen LogP contribution in [0, 0.1) is 0 Å². The Kier molecular flexibility index (Phi) is 4.78. The number of hydrogen-bond acceptors (Lipinski definition) is 6. The summed E-state index contributed by atoms with van der Waals surface area (Å²) in [6.45, 7) is 0.799. The molecule has 0 aliphatic carbocycles. The summed E-state index contributed by atoms with van der Waals surface area (Å²) >= 11 is 3.48. The van der Waals surface area contributed by atoms with Gasteiger partial charge in [0.25, 0.3) is 5.56 Å². The number of fused-ring (bicyclic) bond motifs is 2. The van der Waals surface area contributed by atoms with Crippen molar-refractivity contribution in [1.82, 2.24) is 34.1 Å². The fourth-order valence-electron chi connectivity index (χ4n) is 3.97. The largest absolute Gasteiger partial charge is 0.344 e. The maximum absolute atomic E-state index is 13.5. The molecule has 0 spiro atoms. The molecule has 0 bridgehead atoms. The predicted octanol–water partition coefficient (Wildman–Crippen LogP) is 2.98. The highest BCUT2D eigenvalue weighted by atomic mass is 79.9. The van der Waals surface area contributed by atoms with E-state index in [1.807, 2.05) is 36.4 Å². The van der Waals surface area contributed by atoms with E-state index >= 15 is 0 Å². The van der Waals surface area contributed by atoms with Crippen molar-refractivity contribution in [3.63, 3.8) is 0 Å². The molecule has 1 atom stereocenters. The van der Waals surface area contributed by atoms with Gasteiger partial charge in [-0.05, 0) is 40.5 Å². The van der Waals surface area contributed by atoms with Gasteiger partial charge in [0.1, 0.15) is 17.4 Å². The van der Waals surface area contributed by atoms with E-state index in [0.29, 0.717) is 17.0 Å². The summed E-state index contributed by atoms with van der Waals surface area (Å²) in [5.74, 6) is 1.43. The van der Waals surface area contributed by atoms with E-state index in [4.69, 9.17) is 5.10 Å². The zero-order valence-corrected chi connectivity index (χ0v) is 18.7. The third kappa shape index (κ3) is 2.95. The number of nitrogens with one attached hydrogen (secondary N) is 1. The molecule has 1 aliphatic rings. The molecular weight excluding hydrogens is 480 g/mol. The summed E-state index contributed by atoms with van der Waals surface area (Å²) in [5, 5.41) is 4.84. The van der Waals surface area contributed by atoms with E-state index in [0.717, 1.165) is 34.5 Å². The number of halogens is 1. The number of hydrogen-bond donors (Lipinski definition) is 1. The Bertz CT molecular complexity index is 1460. The minimum Gasteiger partial charge on any atom is -0.344 e. The molecule has 1 fully saturated rings. The third-order valence-corrected chi connectivity index (χ3v) is 6.11. The maximum atomic E-state index is 13.5. The van der Waals surface area contributed by atoms with Gasteiger partial charge in [-0.1, -0.05) is 18.2 Å². The van der Waals surface area contributed by atoms with Crippen LogP contribution in [0.5, 0.6) is 0 Å². The number of aromatic amines is 1. The van der Waals surface area contributed by atoms with Gasteiger partial charge in [-0.15, -0.1) is 0 Å². The normalized spacial score (nSPS) is 15.8. The monoisotopic (exact) mass is 496 g/mol. The summed E-state index contributed by atoms with van der Waals surface area (Å²) < 4.78 is 4.06. The molecular formula is C20H17BrN8OS. The molecule has 156 valence electrons. The fourth-order valence-corrected chi connectivity index (χ4v) is 4.44. The van der Waals surface area contributed by atoms with Gasteiger partial charge in [0.15, 0.2) is 17.3 Å². The average Bonchev–Trinajstić information content (AvgIpc) is 3.35. The smallest absolute Gasteiger partial charge is 0.283 e. The van der Waals surface area contributed by atoms with Crippen LogP contribution in [-0.4, -0.2) is 40.7 Å². The predicted molar refractivity (Wildman–Crippen MR) is 125 cm³/mol. The van der Waals surface area contributed by atoms with Gasteiger partial charge >= 0.3 is 0 Å². The van der Waals surface area contributed by atoms with Crippen molar-refractivity contribution < 1.29 is 0 Å². The van der Waals surface area contributed by atoms with Crippen LogP contribution in [0.2, 0.25) is 0 Å². The topological polar surface area (TPSA) is 97.0 Å². The average molecular weight is 497 g/mol. The van der Waals surface area contributed by atoms with Crippen LogP contribution in [0.15, 0.2) is 64.5 Å². The highest BCUT2D eigenvalue weighted by Gasteiger charge is 2.36.